The largest absolute Gasteiger partial charge is 0.487 e. The molecule has 2 rings (SSSR count). The summed E-state index contributed by atoms with van der Waals surface area (Å²) in [5, 5.41) is 9.20. The van der Waals surface area contributed by atoms with Gasteiger partial charge in [0, 0.05) is 0 Å². The highest BCUT2D eigenvalue weighted by atomic mass is 16.5. The van der Waals surface area contributed by atoms with Crippen molar-refractivity contribution in [2.75, 3.05) is 6.61 Å². The number of ether oxygens (including phenoxy) is 2. The molecule has 0 amide bonds. The van der Waals surface area contributed by atoms with Gasteiger partial charge in [0.1, 0.15) is 19.0 Å². The van der Waals surface area contributed by atoms with Crippen LogP contribution in [0.25, 0.3) is 0 Å². The summed E-state index contributed by atoms with van der Waals surface area (Å²) in [6.07, 6.45) is 1.09. The van der Waals surface area contributed by atoms with Gasteiger partial charge in [-0.25, -0.2) is 0 Å². The fourth-order valence-corrected chi connectivity index (χ4v) is 1.44. The topological polar surface area (TPSA) is 51.8 Å². The zero-order valence-corrected chi connectivity index (χ0v) is 10.2. The molecule has 4 nitrogen and oxygen atoms in total. The lowest BCUT2D eigenvalue weighted by molar-refractivity contribution is 0.119. The van der Waals surface area contributed by atoms with Crippen LogP contribution in [0, 0.1) is 0 Å². The van der Waals surface area contributed by atoms with E-state index >= 15 is 0 Å². The second-order valence-corrected chi connectivity index (χ2v) is 3.97. The second-order valence-electron chi connectivity index (χ2n) is 3.97. The third-order valence-electron chi connectivity index (χ3n) is 2.28. The summed E-state index contributed by atoms with van der Waals surface area (Å²) in [6.45, 7) is 2.26. The van der Waals surface area contributed by atoms with Crippen LogP contribution in [0.15, 0.2) is 47.1 Å². The summed E-state index contributed by atoms with van der Waals surface area (Å²) in [4.78, 5) is 0. The van der Waals surface area contributed by atoms with Crippen molar-refractivity contribution in [3.8, 4) is 11.5 Å². The molecule has 1 aromatic heterocycles. The van der Waals surface area contributed by atoms with Gasteiger partial charge in [0.15, 0.2) is 11.5 Å². The van der Waals surface area contributed by atoms with E-state index in [4.69, 9.17) is 13.9 Å². The molecular formula is C14H16O4. The van der Waals surface area contributed by atoms with E-state index in [1.165, 1.54) is 0 Å². The first-order valence-corrected chi connectivity index (χ1v) is 5.81. The normalized spacial score (nSPS) is 12.1. The van der Waals surface area contributed by atoms with Crippen LogP contribution in [0.5, 0.6) is 11.5 Å². The number of hydrogen-bond acceptors (Lipinski definition) is 4. The number of benzene rings is 1. The van der Waals surface area contributed by atoms with Gasteiger partial charge in [-0.2, -0.15) is 0 Å². The highest BCUT2D eigenvalue weighted by Crippen LogP contribution is 2.27. The molecule has 96 valence electrons. The molecule has 1 atom stereocenters. The van der Waals surface area contributed by atoms with Gasteiger partial charge in [0.25, 0.3) is 0 Å². The van der Waals surface area contributed by atoms with Gasteiger partial charge >= 0.3 is 0 Å². The Balaban J connectivity index is 1.98. The molecule has 0 saturated heterocycles. The second kappa shape index (κ2) is 6.12. The molecule has 18 heavy (non-hydrogen) atoms. The van der Waals surface area contributed by atoms with E-state index in [-0.39, 0.29) is 6.61 Å². The van der Waals surface area contributed by atoms with Gasteiger partial charge in [-0.05, 0) is 31.2 Å². The molecule has 2 aromatic rings. The smallest absolute Gasteiger partial charge is 0.161 e. The van der Waals surface area contributed by atoms with Gasteiger partial charge in [0.2, 0.25) is 0 Å². The van der Waals surface area contributed by atoms with Gasteiger partial charge in [-0.15, -0.1) is 0 Å². The molecule has 1 N–H and O–H groups in total. The van der Waals surface area contributed by atoms with E-state index < -0.39 is 6.10 Å². The Morgan fingerprint density at radius 2 is 1.83 bits per heavy atom. The van der Waals surface area contributed by atoms with E-state index in [2.05, 4.69) is 0 Å². The number of aliphatic hydroxyl groups is 1. The maximum Gasteiger partial charge on any atom is 0.161 e. The predicted molar refractivity (Wildman–Crippen MR) is 66.7 cm³/mol. The Bertz CT molecular complexity index is 462. The van der Waals surface area contributed by atoms with Crippen LogP contribution in [0.1, 0.15) is 12.7 Å². The Hall–Kier alpha value is -1.94. The lowest BCUT2D eigenvalue weighted by Gasteiger charge is -2.12. The first kappa shape index (κ1) is 12.5. The molecule has 4 heteroatoms. The first-order chi connectivity index (χ1) is 8.75. The quantitative estimate of drug-likeness (QED) is 0.853. The van der Waals surface area contributed by atoms with Crippen LogP contribution in [-0.2, 0) is 6.61 Å². The summed E-state index contributed by atoms with van der Waals surface area (Å²) in [6, 6.07) is 11.0. The zero-order chi connectivity index (χ0) is 12.8. The van der Waals surface area contributed by atoms with Gasteiger partial charge in [-0.1, -0.05) is 12.1 Å². The van der Waals surface area contributed by atoms with E-state index in [1.807, 2.05) is 30.3 Å². The highest BCUT2D eigenvalue weighted by Gasteiger charge is 2.06. The van der Waals surface area contributed by atoms with Crippen molar-refractivity contribution < 1.29 is 19.0 Å². The van der Waals surface area contributed by atoms with E-state index in [1.54, 1.807) is 19.3 Å². The molecule has 0 spiro atoms. The van der Waals surface area contributed by atoms with Crippen molar-refractivity contribution in [1.29, 1.82) is 0 Å². The summed E-state index contributed by atoms with van der Waals surface area (Å²) < 4.78 is 16.3. The molecule has 1 aromatic carbocycles. The Morgan fingerprint density at radius 3 is 2.44 bits per heavy atom. The maximum absolute atomic E-state index is 9.20. The molecule has 0 saturated carbocycles. The Labute approximate surface area is 106 Å². The van der Waals surface area contributed by atoms with Crippen molar-refractivity contribution in [2.24, 2.45) is 0 Å². The van der Waals surface area contributed by atoms with Crippen molar-refractivity contribution in [1.82, 2.24) is 0 Å². The fourth-order valence-electron chi connectivity index (χ4n) is 1.44. The van der Waals surface area contributed by atoms with E-state index in [0.717, 1.165) is 5.76 Å². The number of rotatable bonds is 6. The minimum absolute atomic E-state index is 0.237. The van der Waals surface area contributed by atoms with Gasteiger partial charge < -0.3 is 19.0 Å². The lowest BCUT2D eigenvalue weighted by Crippen LogP contribution is -2.13. The molecule has 1 heterocycles. The van der Waals surface area contributed by atoms with Crippen molar-refractivity contribution >= 4 is 0 Å². The minimum atomic E-state index is -0.511. The van der Waals surface area contributed by atoms with Crippen molar-refractivity contribution in [2.45, 2.75) is 19.6 Å². The minimum Gasteiger partial charge on any atom is -0.487 e. The monoisotopic (exact) mass is 248 g/mol. The number of hydrogen-bond donors (Lipinski definition) is 1. The third kappa shape index (κ3) is 3.53. The maximum atomic E-state index is 9.20. The van der Waals surface area contributed by atoms with E-state index in [9.17, 15) is 5.11 Å². The van der Waals surface area contributed by atoms with Crippen LogP contribution in [0.2, 0.25) is 0 Å². The van der Waals surface area contributed by atoms with Gasteiger partial charge in [0.05, 0.1) is 12.4 Å². The Kier molecular flexibility index (Phi) is 4.25. The third-order valence-corrected chi connectivity index (χ3v) is 2.28. The molecule has 0 radical (unpaired) electrons. The summed E-state index contributed by atoms with van der Waals surface area (Å²) in [5.74, 6) is 2.00. The molecule has 0 fully saturated rings. The molecule has 0 aliphatic rings. The number of furan rings is 1. The molecule has 1 unspecified atom stereocenters. The van der Waals surface area contributed by atoms with Gasteiger partial charge in [-0.3, -0.25) is 0 Å². The molecular weight excluding hydrogens is 232 g/mol. The SMILES string of the molecule is CC(O)COc1ccccc1OCc1ccco1. The number of aliphatic hydroxyl groups excluding tert-OH is 1. The highest BCUT2D eigenvalue weighted by molar-refractivity contribution is 5.39. The van der Waals surface area contributed by atoms with Crippen LogP contribution < -0.4 is 9.47 Å². The summed E-state index contributed by atoms with van der Waals surface area (Å²) in [5.41, 5.74) is 0. The van der Waals surface area contributed by atoms with Crippen LogP contribution in [0.4, 0.5) is 0 Å². The summed E-state index contributed by atoms with van der Waals surface area (Å²) >= 11 is 0. The average Bonchev–Trinajstić information content (AvgIpc) is 2.88. The number of para-hydroxylation sites is 2. The zero-order valence-electron chi connectivity index (χ0n) is 10.2. The average molecular weight is 248 g/mol. The fraction of sp³-hybridized carbons (Fsp3) is 0.286. The molecule has 0 aliphatic carbocycles. The standard InChI is InChI=1S/C14H16O4/c1-11(15)9-17-13-6-2-3-7-14(13)18-10-12-5-4-8-16-12/h2-8,11,15H,9-10H2,1H3. The van der Waals surface area contributed by atoms with Crippen LogP contribution >= 0.6 is 0 Å². The first-order valence-electron chi connectivity index (χ1n) is 5.81. The van der Waals surface area contributed by atoms with Crippen LogP contribution in [-0.4, -0.2) is 17.8 Å². The Morgan fingerprint density at radius 1 is 1.11 bits per heavy atom. The molecule has 0 bridgehead atoms. The predicted octanol–water partition coefficient (Wildman–Crippen LogP) is 2.62. The molecule has 0 aliphatic heterocycles. The van der Waals surface area contributed by atoms with Crippen molar-refractivity contribution in [3.05, 3.63) is 48.4 Å². The lowest BCUT2D eigenvalue weighted by atomic mass is 10.3. The summed E-state index contributed by atoms with van der Waals surface area (Å²) in [7, 11) is 0. The van der Waals surface area contributed by atoms with Crippen molar-refractivity contribution in [3.63, 3.8) is 0 Å². The van der Waals surface area contributed by atoms with E-state index in [0.29, 0.717) is 18.1 Å². The van der Waals surface area contributed by atoms with Crippen LogP contribution in [0.3, 0.4) is 0 Å².